The van der Waals surface area contributed by atoms with Gasteiger partial charge in [0.2, 0.25) is 0 Å². The number of nitro groups is 1. The normalized spacial score (nSPS) is 11.7. The number of carbonyl (C=O) groups excluding carboxylic acids is 1. The molecule has 0 aliphatic rings. The SMILES string of the molecule is CNC(=O)c1ccc(NC(C)c2cccs2)c([N+](=O)[O-])c1. The Hall–Kier alpha value is -2.41. The first kappa shape index (κ1) is 15.0. The minimum atomic E-state index is -0.490. The fraction of sp³-hybridized carbons (Fsp3) is 0.214. The number of thiophene rings is 1. The standard InChI is InChI=1S/C14H15N3O3S/c1-9(13-4-3-7-21-13)16-11-6-5-10(14(18)15-2)8-12(11)17(19)20/h3-9,16H,1-2H3,(H,15,18). The van der Waals surface area contributed by atoms with Gasteiger partial charge in [0, 0.05) is 23.6 Å². The molecule has 2 N–H and O–H groups in total. The number of rotatable bonds is 5. The molecule has 1 atom stereocenters. The van der Waals surface area contributed by atoms with Gasteiger partial charge in [-0.05, 0) is 30.5 Å². The van der Waals surface area contributed by atoms with Gasteiger partial charge < -0.3 is 10.6 Å². The molecule has 0 bridgehead atoms. The molecule has 0 radical (unpaired) electrons. The number of anilines is 1. The fourth-order valence-corrected chi connectivity index (χ4v) is 2.67. The number of amides is 1. The second-order valence-corrected chi connectivity index (χ2v) is 5.43. The Morgan fingerprint density at radius 3 is 2.71 bits per heavy atom. The van der Waals surface area contributed by atoms with Crippen LogP contribution in [-0.2, 0) is 0 Å². The summed E-state index contributed by atoms with van der Waals surface area (Å²) in [5.74, 6) is -0.351. The largest absolute Gasteiger partial charge is 0.372 e. The van der Waals surface area contributed by atoms with Gasteiger partial charge in [0.25, 0.3) is 11.6 Å². The Labute approximate surface area is 126 Å². The number of hydrogen-bond acceptors (Lipinski definition) is 5. The molecule has 21 heavy (non-hydrogen) atoms. The van der Waals surface area contributed by atoms with Gasteiger partial charge in [-0.25, -0.2) is 0 Å². The first-order valence-electron chi connectivity index (χ1n) is 6.33. The van der Waals surface area contributed by atoms with E-state index < -0.39 is 4.92 Å². The molecular weight excluding hydrogens is 290 g/mol. The summed E-state index contributed by atoms with van der Waals surface area (Å²) in [7, 11) is 1.49. The van der Waals surface area contributed by atoms with Crippen LogP contribution in [0.5, 0.6) is 0 Å². The number of nitrogens with zero attached hydrogens (tertiary/aromatic N) is 1. The van der Waals surface area contributed by atoms with E-state index in [-0.39, 0.29) is 23.2 Å². The van der Waals surface area contributed by atoms with Gasteiger partial charge in [-0.15, -0.1) is 11.3 Å². The summed E-state index contributed by atoms with van der Waals surface area (Å²) < 4.78 is 0. The van der Waals surface area contributed by atoms with Gasteiger partial charge >= 0.3 is 0 Å². The van der Waals surface area contributed by atoms with Crippen molar-refractivity contribution in [3.8, 4) is 0 Å². The van der Waals surface area contributed by atoms with Crippen molar-refractivity contribution in [2.45, 2.75) is 13.0 Å². The molecule has 7 heteroatoms. The Bertz CT molecular complexity index is 655. The molecule has 0 saturated heterocycles. The second-order valence-electron chi connectivity index (χ2n) is 4.45. The minimum absolute atomic E-state index is 0.0467. The van der Waals surface area contributed by atoms with E-state index in [1.165, 1.54) is 13.1 Å². The topological polar surface area (TPSA) is 84.3 Å². The number of nitrogens with one attached hydrogen (secondary N) is 2. The molecule has 110 valence electrons. The Kier molecular flexibility index (Phi) is 4.54. The summed E-state index contributed by atoms with van der Waals surface area (Å²) in [4.78, 5) is 23.3. The fourth-order valence-electron chi connectivity index (χ4n) is 1.93. The van der Waals surface area contributed by atoms with Gasteiger partial charge in [0.1, 0.15) is 5.69 Å². The quantitative estimate of drug-likeness (QED) is 0.656. The van der Waals surface area contributed by atoms with Crippen LogP contribution >= 0.6 is 11.3 Å². The molecule has 1 heterocycles. The van der Waals surface area contributed by atoms with Crippen molar-refractivity contribution in [2.24, 2.45) is 0 Å². The third kappa shape index (κ3) is 3.38. The smallest absolute Gasteiger partial charge is 0.293 e. The van der Waals surface area contributed by atoms with Crippen LogP contribution in [0.1, 0.15) is 28.2 Å². The van der Waals surface area contributed by atoms with Crippen LogP contribution < -0.4 is 10.6 Å². The van der Waals surface area contributed by atoms with Crippen molar-refractivity contribution in [2.75, 3.05) is 12.4 Å². The molecule has 1 aromatic heterocycles. The Balaban J connectivity index is 2.30. The zero-order chi connectivity index (χ0) is 15.4. The van der Waals surface area contributed by atoms with Crippen molar-refractivity contribution in [3.05, 3.63) is 56.3 Å². The van der Waals surface area contributed by atoms with E-state index in [0.717, 1.165) is 4.88 Å². The maximum Gasteiger partial charge on any atom is 0.293 e. The highest BCUT2D eigenvalue weighted by molar-refractivity contribution is 7.10. The summed E-state index contributed by atoms with van der Waals surface area (Å²) in [6, 6.07) is 8.26. The Morgan fingerprint density at radius 1 is 1.38 bits per heavy atom. The Morgan fingerprint density at radius 2 is 2.14 bits per heavy atom. The molecule has 1 amide bonds. The van der Waals surface area contributed by atoms with Crippen molar-refractivity contribution >= 4 is 28.6 Å². The molecular formula is C14H15N3O3S. The van der Waals surface area contributed by atoms with Crippen LogP contribution in [0.3, 0.4) is 0 Å². The summed E-state index contributed by atoms with van der Waals surface area (Å²) in [5, 5.41) is 18.7. The van der Waals surface area contributed by atoms with E-state index in [9.17, 15) is 14.9 Å². The lowest BCUT2D eigenvalue weighted by atomic mass is 10.1. The third-order valence-corrected chi connectivity index (χ3v) is 4.08. The van der Waals surface area contributed by atoms with Crippen molar-refractivity contribution < 1.29 is 9.72 Å². The predicted molar refractivity (Wildman–Crippen MR) is 82.8 cm³/mol. The number of hydrogen-bond donors (Lipinski definition) is 2. The maximum absolute atomic E-state index is 11.6. The number of benzene rings is 1. The summed E-state index contributed by atoms with van der Waals surface area (Å²) in [6.45, 7) is 1.93. The molecule has 1 unspecified atom stereocenters. The lowest BCUT2D eigenvalue weighted by molar-refractivity contribution is -0.384. The van der Waals surface area contributed by atoms with Crippen molar-refractivity contribution in [1.29, 1.82) is 0 Å². The van der Waals surface area contributed by atoms with Crippen molar-refractivity contribution in [3.63, 3.8) is 0 Å². The van der Waals surface area contributed by atoms with Crippen LogP contribution in [0.25, 0.3) is 0 Å². The summed E-state index contributed by atoms with van der Waals surface area (Å²) in [6.07, 6.45) is 0. The van der Waals surface area contributed by atoms with E-state index in [2.05, 4.69) is 10.6 Å². The van der Waals surface area contributed by atoms with Crippen LogP contribution in [-0.4, -0.2) is 17.9 Å². The van der Waals surface area contributed by atoms with Gasteiger partial charge in [0.05, 0.1) is 11.0 Å². The zero-order valence-electron chi connectivity index (χ0n) is 11.6. The van der Waals surface area contributed by atoms with E-state index in [0.29, 0.717) is 5.69 Å². The van der Waals surface area contributed by atoms with Crippen molar-refractivity contribution in [1.82, 2.24) is 5.32 Å². The molecule has 6 nitrogen and oxygen atoms in total. The van der Waals surface area contributed by atoms with Gasteiger partial charge in [-0.1, -0.05) is 6.07 Å². The molecule has 2 rings (SSSR count). The monoisotopic (exact) mass is 305 g/mol. The number of carbonyl (C=O) groups is 1. The molecule has 0 saturated carbocycles. The second kappa shape index (κ2) is 6.36. The summed E-state index contributed by atoms with van der Waals surface area (Å²) >= 11 is 1.58. The predicted octanol–water partition coefficient (Wildman–Crippen LogP) is 3.19. The average molecular weight is 305 g/mol. The van der Waals surface area contributed by atoms with Gasteiger partial charge in [-0.3, -0.25) is 14.9 Å². The van der Waals surface area contributed by atoms with E-state index in [1.807, 2.05) is 24.4 Å². The molecule has 2 aromatic rings. The molecule has 0 spiro atoms. The van der Waals surface area contributed by atoms with Gasteiger partial charge in [-0.2, -0.15) is 0 Å². The first-order chi connectivity index (χ1) is 10.0. The number of nitro benzene ring substituents is 1. The third-order valence-electron chi connectivity index (χ3n) is 3.03. The van der Waals surface area contributed by atoms with Crippen LogP contribution in [0.2, 0.25) is 0 Å². The van der Waals surface area contributed by atoms with Crippen LogP contribution in [0.4, 0.5) is 11.4 Å². The zero-order valence-corrected chi connectivity index (χ0v) is 12.4. The highest BCUT2D eigenvalue weighted by Gasteiger charge is 2.19. The van der Waals surface area contributed by atoms with Crippen LogP contribution in [0, 0.1) is 10.1 Å². The molecule has 0 fully saturated rings. The van der Waals surface area contributed by atoms with E-state index in [1.54, 1.807) is 23.5 Å². The highest BCUT2D eigenvalue weighted by Crippen LogP contribution is 2.30. The lowest BCUT2D eigenvalue weighted by Gasteiger charge is -2.14. The first-order valence-corrected chi connectivity index (χ1v) is 7.21. The lowest BCUT2D eigenvalue weighted by Crippen LogP contribution is -2.18. The van der Waals surface area contributed by atoms with Gasteiger partial charge in [0.15, 0.2) is 0 Å². The summed E-state index contributed by atoms with van der Waals surface area (Å²) in [5.41, 5.74) is 0.548. The molecule has 0 aliphatic heterocycles. The molecule has 0 aliphatic carbocycles. The maximum atomic E-state index is 11.6. The van der Waals surface area contributed by atoms with Crippen LogP contribution in [0.15, 0.2) is 35.7 Å². The molecule has 1 aromatic carbocycles. The van der Waals surface area contributed by atoms with E-state index >= 15 is 0 Å². The average Bonchev–Trinajstić information content (AvgIpc) is 3.00. The van der Waals surface area contributed by atoms with E-state index in [4.69, 9.17) is 0 Å². The highest BCUT2D eigenvalue weighted by atomic mass is 32.1. The minimum Gasteiger partial charge on any atom is -0.372 e.